The minimum Gasteiger partial charge on any atom is -0.438 e. The van der Waals surface area contributed by atoms with E-state index in [4.69, 9.17) is 9.47 Å². The number of nitrogens with one attached hydrogen (secondary N) is 1. The van der Waals surface area contributed by atoms with Gasteiger partial charge >= 0.3 is 6.16 Å². The molecule has 2 N–H and O–H groups in total. The third kappa shape index (κ3) is 6.61. The standard InChI is InChI=1S/C25H37NO5/c1-6-9-18-14-16(2)22(17(3)15-18)23-20(27)12-7-10-19(24(28)26-4)11-8-13-21(23)31-25(29)30-5/h14-16,19-23,27H,7-8,10-13H2,1-5H3,(H,26,28). The van der Waals surface area contributed by atoms with E-state index in [0.29, 0.717) is 12.8 Å². The largest absolute Gasteiger partial charge is 0.508 e. The second-order valence-electron chi connectivity index (χ2n) is 8.70. The fraction of sp³-hybridized carbons (Fsp3) is 0.680. The molecule has 0 spiro atoms. The zero-order valence-corrected chi connectivity index (χ0v) is 19.4. The summed E-state index contributed by atoms with van der Waals surface area (Å²) in [5.74, 6) is 5.94. The number of carbonyl (C=O) groups is 2. The molecule has 1 fully saturated rings. The molecular formula is C25H37NO5. The predicted molar refractivity (Wildman–Crippen MR) is 120 cm³/mol. The molecule has 0 bridgehead atoms. The molecule has 172 valence electrons. The fourth-order valence-corrected chi connectivity index (χ4v) is 5.23. The topological polar surface area (TPSA) is 84.9 Å². The molecule has 1 saturated carbocycles. The number of rotatable bonds is 3. The summed E-state index contributed by atoms with van der Waals surface area (Å²) < 4.78 is 10.5. The second-order valence-corrected chi connectivity index (χ2v) is 8.70. The van der Waals surface area contributed by atoms with Gasteiger partial charge in [0.1, 0.15) is 6.10 Å². The summed E-state index contributed by atoms with van der Waals surface area (Å²) in [5.41, 5.74) is 2.12. The lowest BCUT2D eigenvalue weighted by Gasteiger charge is -2.41. The summed E-state index contributed by atoms with van der Waals surface area (Å²) in [5, 5.41) is 14.0. The van der Waals surface area contributed by atoms with Crippen LogP contribution in [0.1, 0.15) is 59.3 Å². The van der Waals surface area contributed by atoms with Crippen LogP contribution in [0.4, 0.5) is 4.79 Å². The Bertz CT molecular complexity index is 760. The summed E-state index contributed by atoms with van der Waals surface area (Å²) in [6.07, 6.45) is 6.41. The molecule has 0 aromatic heterocycles. The van der Waals surface area contributed by atoms with E-state index in [1.807, 2.05) is 6.92 Å². The van der Waals surface area contributed by atoms with Crippen LogP contribution in [0.2, 0.25) is 0 Å². The van der Waals surface area contributed by atoms with Crippen LogP contribution in [0.3, 0.4) is 0 Å². The molecule has 6 nitrogen and oxygen atoms in total. The highest BCUT2D eigenvalue weighted by Gasteiger charge is 2.41. The van der Waals surface area contributed by atoms with Crippen LogP contribution in [-0.4, -0.2) is 43.5 Å². The number of allylic oxidation sites excluding steroid dienone is 4. The van der Waals surface area contributed by atoms with Gasteiger partial charge in [-0.05, 0) is 63.9 Å². The Morgan fingerprint density at radius 3 is 2.45 bits per heavy atom. The van der Waals surface area contributed by atoms with Crippen molar-refractivity contribution in [2.75, 3.05) is 14.2 Å². The molecule has 2 aliphatic carbocycles. The monoisotopic (exact) mass is 431 g/mol. The minimum absolute atomic E-state index is 0.0289. The Kier molecular flexibility index (Phi) is 9.64. The molecule has 0 aromatic carbocycles. The molecule has 6 heteroatoms. The smallest absolute Gasteiger partial charge is 0.438 e. The van der Waals surface area contributed by atoms with E-state index in [0.717, 1.165) is 36.8 Å². The van der Waals surface area contributed by atoms with E-state index < -0.39 is 18.4 Å². The Hall–Kier alpha value is -2.26. The number of methoxy groups -OCH3 is 1. The highest BCUT2D eigenvalue weighted by molar-refractivity contribution is 5.78. The average molecular weight is 432 g/mol. The zero-order valence-electron chi connectivity index (χ0n) is 19.4. The van der Waals surface area contributed by atoms with Gasteiger partial charge in [0, 0.05) is 24.5 Å². The van der Waals surface area contributed by atoms with Gasteiger partial charge in [0.2, 0.25) is 5.91 Å². The van der Waals surface area contributed by atoms with Crippen LogP contribution in [0.25, 0.3) is 0 Å². The van der Waals surface area contributed by atoms with Crippen molar-refractivity contribution in [2.45, 2.75) is 71.5 Å². The molecule has 0 aromatic rings. The first-order valence-corrected chi connectivity index (χ1v) is 11.3. The molecule has 1 amide bonds. The molecule has 6 atom stereocenters. The first-order chi connectivity index (χ1) is 14.8. The highest BCUT2D eigenvalue weighted by atomic mass is 16.7. The van der Waals surface area contributed by atoms with Crippen molar-refractivity contribution >= 4 is 12.1 Å². The number of amides is 1. The van der Waals surface area contributed by atoms with Crippen molar-refractivity contribution in [3.8, 4) is 11.8 Å². The van der Waals surface area contributed by atoms with E-state index in [1.165, 1.54) is 7.11 Å². The first-order valence-electron chi connectivity index (χ1n) is 11.3. The Morgan fingerprint density at radius 2 is 1.87 bits per heavy atom. The maximum atomic E-state index is 12.2. The van der Waals surface area contributed by atoms with Crippen molar-refractivity contribution in [3.05, 3.63) is 23.3 Å². The predicted octanol–water partition coefficient (Wildman–Crippen LogP) is 3.99. The fourth-order valence-electron chi connectivity index (χ4n) is 5.23. The summed E-state index contributed by atoms with van der Waals surface area (Å²) >= 11 is 0. The molecule has 6 unspecified atom stereocenters. The van der Waals surface area contributed by atoms with Gasteiger partial charge in [-0.1, -0.05) is 30.9 Å². The number of hydrogen-bond donors (Lipinski definition) is 2. The van der Waals surface area contributed by atoms with Crippen molar-refractivity contribution in [1.82, 2.24) is 5.32 Å². The third-order valence-electron chi connectivity index (χ3n) is 6.60. The number of hydrogen-bond acceptors (Lipinski definition) is 5. The van der Waals surface area contributed by atoms with Crippen LogP contribution >= 0.6 is 0 Å². The summed E-state index contributed by atoms with van der Waals surface area (Å²) in [6.45, 7) is 6.01. The van der Waals surface area contributed by atoms with Crippen LogP contribution in [0.5, 0.6) is 0 Å². The van der Waals surface area contributed by atoms with E-state index in [-0.39, 0.29) is 29.6 Å². The zero-order chi connectivity index (χ0) is 23.0. The summed E-state index contributed by atoms with van der Waals surface area (Å²) in [7, 11) is 2.95. The van der Waals surface area contributed by atoms with Crippen LogP contribution in [-0.2, 0) is 14.3 Å². The maximum absolute atomic E-state index is 12.2. The van der Waals surface area contributed by atoms with Crippen LogP contribution in [0, 0.1) is 35.5 Å². The number of aliphatic hydroxyl groups is 1. The Balaban J connectivity index is 2.34. The number of ether oxygens (including phenoxy) is 2. The number of carbonyl (C=O) groups excluding carboxylic acids is 2. The molecule has 31 heavy (non-hydrogen) atoms. The molecular weight excluding hydrogens is 394 g/mol. The normalized spacial score (nSPS) is 31.8. The lowest BCUT2D eigenvalue weighted by atomic mass is 9.68. The quantitative estimate of drug-likeness (QED) is 0.521. The van der Waals surface area contributed by atoms with Gasteiger partial charge < -0.3 is 19.9 Å². The lowest BCUT2D eigenvalue weighted by molar-refractivity contribution is -0.125. The minimum atomic E-state index is -0.736. The van der Waals surface area contributed by atoms with Crippen molar-refractivity contribution in [2.24, 2.45) is 23.7 Å². The molecule has 0 radical (unpaired) electrons. The van der Waals surface area contributed by atoms with Gasteiger partial charge in [0.05, 0.1) is 13.2 Å². The molecule has 2 rings (SSSR count). The van der Waals surface area contributed by atoms with Crippen molar-refractivity contribution in [3.63, 3.8) is 0 Å². The maximum Gasteiger partial charge on any atom is 0.508 e. The third-order valence-corrected chi connectivity index (χ3v) is 6.60. The van der Waals surface area contributed by atoms with Gasteiger partial charge in [-0.15, -0.1) is 5.92 Å². The Labute approximate surface area is 186 Å². The van der Waals surface area contributed by atoms with E-state index in [2.05, 4.69) is 43.2 Å². The summed E-state index contributed by atoms with van der Waals surface area (Å²) in [6, 6.07) is 0. The van der Waals surface area contributed by atoms with Gasteiger partial charge in [-0.2, -0.15) is 0 Å². The molecule has 0 aliphatic heterocycles. The van der Waals surface area contributed by atoms with Gasteiger partial charge in [0.25, 0.3) is 0 Å². The molecule has 0 heterocycles. The lowest BCUT2D eigenvalue weighted by Crippen LogP contribution is -2.44. The number of aliphatic hydroxyl groups excluding tert-OH is 1. The Morgan fingerprint density at radius 1 is 1.19 bits per heavy atom. The van der Waals surface area contributed by atoms with Crippen LogP contribution in [0.15, 0.2) is 23.3 Å². The van der Waals surface area contributed by atoms with Gasteiger partial charge in [-0.3, -0.25) is 4.79 Å². The van der Waals surface area contributed by atoms with Crippen molar-refractivity contribution in [1.29, 1.82) is 0 Å². The van der Waals surface area contributed by atoms with E-state index in [9.17, 15) is 14.7 Å². The van der Waals surface area contributed by atoms with Crippen LogP contribution < -0.4 is 5.32 Å². The molecule has 2 aliphatic rings. The van der Waals surface area contributed by atoms with Crippen molar-refractivity contribution < 1.29 is 24.2 Å². The first kappa shape index (κ1) is 25.0. The van der Waals surface area contributed by atoms with Gasteiger partial charge in [0.15, 0.2) is 0 Å². The average Bonchev–Trinajstić information content (AvgIpc) is 2.73. The van der Waals surface area contributed by atoms with Gasteiger partial charge in [-0.25, -0.2) is 4.79 Å². The highest BCUT2D eigenvalue weighted by Crippen LogP contribution is 2.41. The van der Waals surface area contributed by atoms with E-state index >= 15 is 0 Å². The molecule has 0 saturated heterocycles. The second kappa shape index (κ2) is 12.0. The van der Waals surface area contributed by atoms with E-state index in [1.54, 1.807) is 7.05 Å². The summed E-state index contributed by atoms with van der Waals surface area (Å²) in [4.78, 5) is 24.2. The SMILES string of the molecule is CC#CC1=CC(C)C(C2C(O)CCCC(C(=O)NC)CCCC2OC(=O)OC)C(C)=C1.